The number of anilines is 1. The van der Waals surface area contributed by atoms with E-state index in [2.05, 4.69) is 10.3 Å². The van der Waals surface area contributed by atoms with Gasteiger partial charge in [0.1, 0.15) is 6.20 Å². The van der Waals surface area contributed by atoms with Gasteiger partial charge in [-0.2, -0.15) is 9.38 Å². The lowest BCUT2D eigenvalue weighted by Crippen LogP contribution is -2.32. The fourth-order valence-corrected chi connectivity index (χ4v) is 3.47. The van der Waals surface area contributed by atoms with Gasteiger partial charge in [0.2, 0.25) is 11.7 Å². The van der Waals surface area contributed by atoms with Crippen LogP contribution < -0.4 is 11.1 Å². The Kier molecular flexibility index (Phi) is 3.50. The molecule has 0 spiro atoms. The number of primary amides is 1. The van der Waals surface area contributed by atoms with Crippen LogP contribution in [0.25, 0.3) is 4.96 Å². The van der Waals surface area contributed by atoms with E-state index in [1.807, 2.05) is 0 Å². The van der Waals surface area contributed by atoms with E-state index < -0.39 is 4.92 Å². The summed E-state index contributed by atoms with van der Waals surface area (Å²) in [5.41, 5.74) is 5.30. The third kappa shape index (κ3) is 2.56. The number of fused-ring (bicyclic) bond motifs is 1. The summed E-state index contributed by atoms with van der Waals surface area (Å²) in [6.07, 6.45) is 4.58. The Hall–Kier alpha value is -2.16. The summed E-state index contributed by atoms with van der Waals surface area (Å²) in [5.74, 6) is -0.0805. The van der Waals surface area contributed by atoms with Crippen molar-refractivity contribution in [3.8, 4) is 0 Å². The zero-order valence-corrected chi connectivity index (χ0v) is 12.0. The smallest absolute Gasteiger partial charge is 0.369 e. The standard InChI is InChI=1S/C12H15N5O3S/c13-9(18)7-1-3-8(4-2-7)14-10-11(17(19)20)16-5-6-21-12(16)15-10/h5-8,14H,1-4H2,(H2,13,18). The number of amides is 1. The monoisotopic (exact) mass is 309 g/mol. The summed E-state index contributed by atoms with van der Waals surface area (Å²) in [6.45, 7) is 0. The molecule has 0 aromatic carbocycles. The second-order valence-corrected chi connectivity index (χ2v) is 6.06. The molecule has 1 aliphatic carbocycles. The van der Waals surface area contributed by atoms with E-state index in [9.17, 15) is 14.9 Å². The minimum atomic E-state index is -0.426. The molecule has 3 rings (SSSR count). The van der Waals surface area contributed by atoms with E-state index in [1.54, 1.807) is 11.6 Å². The van der Waals surface area contributed by atoms with Crippen molar-refractivity contribution in [2.24, 2.45) is 11.7 Å². The van der Waals surface area contributed by atoms with Crippen LogP contribution in [0.4, 0.5) is 11.6 Å². The Morgan fingerprint density at radius 2 is 2.19 bits per heavy atom. The van der Waals surface area contributed by atoms with Gasteiger partial charge in [0.25, 0.3) is 4.96 Å². The second-order valence-electron chi connectivity index (χ2n) is 5.19. The van der Waals surface area contributed by atoms with Gasteiger partial charge in [0, 0.05) is 17.3 Å². The number of nitro groups is 1. The number of carbonyl (C=O) groups is 1. The van der Waals surface area contributed by atoms with Gasteiger partial charge in [-0.1, -0.05) is 11.3 Å². The van der Waals surface area contributed by atoms with E-state index >= 15 is 0 Å². The summed E-state index contributed by atoms with van der Waals surface area (Å²) in [4.78, 5) is 26.8. The number of imidazole rings is 1. The van der Waals surface area contributed by atoms with E-state index in [-0.39, 0.29) is 23.7 Å². The molecule has 1 fully saturated rings. The van der Waals surface area contributed by atoms with Crippen LogP contribution in [0.15, 0.2) is 11.6 Å². The molecule has 21 heavy (non-hydrogen) atoms. The zero-order valence-electron chi connectivity index (χ0n) is 11.2. The Morgan fingerprint density at radius 1 is 1.48 bits per heavy atom. The van der Waals surface area contributed by atoms with Crippen LogP contribution in [0.2, 0.25) is 0 Å². The highest BCUT2D eigenvalue weighted by molar-refractivity contribution is 7.15. The molecular formula is C12H15N5O3S. The Bertz CT molecular complexity index is 686. The summed E-state index contributed by atoms with van der Waals surface area (Å²) < 4.78 is 1.47. The minimum Gasteiger partial charge on any atom is -0.369 e. The maximum absolute atomic E-state index is 11.2. The number of hydrogen-bond donors (Lipinski definition) is 2. The summed E-state index contributed by atoms with van der Waals surface area (Å²) >= 11 is 1.35. The van der Waals surface area contributed by atoms with Crippen molar-refractivity contribution < 1.29 is 9.72 Å². The van der Waals surface area contributed by atoms with Crippen LogP contribution in [-0.4, -0.2) is 26.3 Å². The van der Waals surface area contributed by atoms with Crippen molar-refractivity contribution in [3.63, 3.8) is 0 Å². The summed E-state index contributed by atoms with van der Waals surface area (Å²) in [5, 5.41) is 16.1. The van der Waals surface area contributed by atoms with Gasteiger partial charge >= 0.3 is 5.82 Å². The van der Waals surface area contributed by atoms with Gasteiger partial charge in [-0.15, -0.1) is 0 Å². The van der Waals surface area contributed by atoms with Crippen molar-refractivity contribution >= 4 is 33.8 Å². The largest absolute Gasteiger partial charge is 0.372 e. The maximum atomic E-state index is 11.2. The average Bonchev–Trinajstić information content (AvgIpc) is 2.98. The van der Waals surface area contributed by atoms with E-state index in [4.69, 9.17) is 5.73 Å². The molecule has 8 nitrogen and oxygen atoms in total. The first-order valence-electron chi connectivity index (χ1n) is 6.72. The van der Waals surface area contributed by atoms with Crippen molar-refractivity contribution in [1.82, 2.24) is 9.38 Å². The van der Waals surface area contributed by atoms with Crippen molar-refractivity contribution in [1.29, 1.82) is 0 Å². The molecule has 2 aromatic rings. The number of nitrogens with one attached hydrogen (secondary N) is 1. The lowest BCUT2D eigenvalue weighted by atomic mass is 9.85. The number of aromatic nitrogens is 2. The molecule has 112 valence electrons. The fraction of sp³-hybridized carbons (Fsp3) is 0.500. The minimum absolute atomic E-state index is 0.0386. The SMILES string of the molecule is NC(=O)C1CCC(Nc2nc3sccn3c2[N+](=O)[O-])CC1. The van der Waals surface area contributed by atoms with Crippen molar-refractivity contribution in [2.75, 3.05) is 5.32 Å². The van der Waals surface area contributed by atoms with Crippen LogP contribution in [0.5, 0.6) is 0 Å². The molecule has 1 saturated carbocycles. The number of nitrogens with two attached hydrogens (primary N) is 1. The van der Waals surface area contributed by atoms with Crippen molar-refractivity contribution in [2.45, 2.75) is 31.7 Å². The van der Waals surface area contributed by atoms with Gasteiger partial charge in [-0.05, 0) is 30.6 Å². The van der Waals surface area contributed by atoms with Gasteiger partial charge in [-0.3, -0.25) is 4.79 Å². The molecule has 3 N–H and O–H groups in total. The van der Waals surface area contributed by atoms with Gasteiger partial charge < -0.3 is 21.2 Å². The first-order valence-corrected chi connectivity index (χ1v) is 7.60. The first kappa shape index (κ1) is 13.8. The third-order valence-electron chi connectivity index (χ3n) is 3.88. The van der Waals surface area contributed by atoms with E-state index in [0.29, 0.717) is 23.6 Å². The van der Waals surface area contributed by atoms with Gasteiger partial charge in [0.15, 0.2) is 0 Å². The number of carbonyl (C=O) groups excluding carboxylic acids is 1. The van der Waals surface area contributed by atoms with Crippen LogP contribution in [0.3, 0.4) is 0 Å². The molecular weight excluding hydrogens is 294 g/mol. The molecule has 2 heterocycles. The third-order valence-corrected chi connectivity index (χ3v) is 4.64. The Balaban J connectivity index is 1.76. The molecule has 0 saturated heterocycles. The Morgan fingerprint density at radius 3 is 2.81 bits per heavy atom. The highest BCUT2D eigenvalue weighted by Gasteiger charge is 2.29. The predicted molar refractivity (Wildman–Crippen MR) is 78.3 cm³/mol. The molecule has 9 heteroatoms. The maximum Gasteiger partial charge on any atom is 0.372 e. The van der Waals surface area contributed by atoms with Crippen LogP contribution in [0, 0.1) is 16.0 Å². The van der Waals surface area contributed by atoms with Crippen molar-refractivity contribution in [3.05, 3.63) is 21.7 Å². The van der Waals surface area contributed by atoms with E-state index in [1.165, 1.54) is 15.7 Å². The lowest BCUT2D eigenvalue weighted by molar-refractivity contribution is -0.389. The zero-order chi connectivity index (χ0) is 15.0. The molecule has 0 atom stereocenters. The molecule has 2 aromatic heterocycles. The quantitative estimate of drug-likeness (QED) is 0.659. The number of thiazole rings is 1. The molecule has 1 aliphatic rings. The molecule has 1 amide bonds. The normalized spacial score (nSPS) is 22.3. The second kappa shape index (κ2) is 5.32. The number of rotatable bonds is 4. The summed E-state index contributed by atoms with van der Waals surface area (Å²) in [6, 6.07) is 0.0870. The fourth-order valence-electron chi connectivity index (χ4n) is 2.76. The molecule has 0 bridgehead atoms. The van der Waals surface area contributed by atoms with Crippen LogP contribution in [-0.2, 0) is 4.79 Å². The van der Waals surface area contributed by atoms with E-state index in [0.717, 1.165) is 12.8 Å². The molecule has 0 aliphatic heterocycles. The first-order chi connectivity index (χ1) is 10.1. The van der Waals surface area contributed by atoms with Gasteiger partial charge in [0.05, 0.1) is 0 Å². The lowest BCUT2D eigenvalue weighted by Gasteiger charge is -2.27. The average molecular weight is 309 g/mol. The van der Waals surface area contributed by atoms with Gasteiger partial charge in [-0.25, -0.2) is 0 Å². The molecule has 0 unspecified atom stereocenters. The van der Waals surface area contributed by atoms with Crippen LogP contribution >= 0.6 is 11.3 Å². The highest BCUT2D eigenvalue weighted by atomic mass is 32.1. The number of nitrogens with zero attached hydrogens (tertiary/aromatic N) is 3. The predicted octanol–water partition coefficient (Wildman–Crippen LogP) is 1.76. The molecule has 0 radical (unpaired) electrons. The van der Waals surface area contributed by atoms with Crippen LogP contribution in [0.1, 0.15) is 25.7 Å². The topological polar surface area (TPSA) is 116 Å². The Labute approximate surface area is 124 Å². The highest BCUT2D eigenvalue weighted by Crippen LogP contribution is 2.31. The summed E-state index contributed by atoms with van der Waals surface area (Å²) in [7, 11) is 0. The number of hydrogen-bond acceptors (Lipinski definition) is 6.